The summed E-state index contributed by atoms with van der Waals surface area (Å²) in [6, 6.07) is 21.5. The first-order valence-corrected chi connectivity index (χ1v) is 12.0. The van der Waals surface area contributed by atoms with Crippen LogP contribution in [0.15, 0.2) is 77.3 Å². The second-order valence-corrected chi connectivity index (χ2v) is 9.26. The molecule has 7 heteroatoms. The molecule has 0 saturated carbocycles. The smallest absolute Gasteiger partial charge is 0.303 e. The molecule has 1 aromatic heterocycles. The molecule has 4 aromatic rings. The molecular formula is C28H24BrFN2O3. The Balaban J connectivity index is 1.71. The number of fused-ring (bicyclic) bond motifs is 1. The number of hydrogen-bond acceptors (Lipinski definition) is 3. The molecule has 0 aliphatic heterocycles. The summed E-state index contributed by atoms with van der Waals surface area (Å²) < 4.78 is 15.3. The van der Waals surface area contributed by atoms with E-state index in [2.05, 4.69) is 21.2 Å². The molecule has 0 saturated heterocycles. The lowest BCUT2D eigenvalue weighted by atomic mass is 9.93. The van der Waals surface area contributed by atoms with E-state index in [1.165, 1.54) is 6.07 Å². The zero-order chi connectivity index (χ0) is 24.9. The van der Waals surface area contributed by atoms with E-state index < -0.39 is 17.7 Å². The highest BCUT2D eigenvalue weighted by molar-refractivity contribution is 9.10. The predicted molar refractivity (Wildman–Crippen MR) is 138 cm³/mol. The largest absolute Gasteiger partial charge is 0.481 e. The van der Waals surface area contributed by atoms with Gasteiger partial charge < -0.3 is 10.4 Å². The molecule has 1 amide bonds. The molecule has 178 valence electrons. The van der Waals surface area contributed by atoms with Gasteiger partial charge in [0.05, 0.1) is 16.8 Å². The summed E-state index contributed by atoms with van der Waals surface area (Å²) in [7, 11) is 0. The number of carbonyl (C=O) groups is 2. The van der Waals surface area contributed by atoms with Crippen molar-refractivity contribution >= 4 is 38.7 Å². The lowest BCUT2D eigenvalue weighted by molar-refractivity contribution is -0.137. The highest BCUT2D eigenvalue weighted by Gasteiger charge is 2.22. The van der Waals surface area contributed by atoms with Crippen LogP contribution in [0.25, 0.3) is 22.2 Å². The minimum absolute atomic E-state index is 0.102. The summed E-state index contributed by atoms with van der Waals surface area (Å²) in [4.78, 5) is 29.6. The van der Waals surface area contributed by atoms with Gasteiger partial charge in [-0.25, -0.2) is 9.37 Å². The Morgan fingerprint density at radius 1 is 1.06 bits per heavy atom. The topological polar surface area (TPSA) is 79.3 Å². The zero-order valence-electron chi connectivity index (χ0n) is 19.1. The molecule has 2 N–H and O–H groups in total. The van der Waals surface area contributed by atoms with Crippen molar-refractivity contribution < 1.29 is 19.1 Å². The molecule has 3 aromatic carbocycles. The van der Waals surface area contributed by atoms with Crippen LogP contribution in [-0.2, 0) is 4.79 Å². The molecule has 0 fully saturated rings. The van der Waals surface area contributed by atoms with Gasteiger partial charge in [-0.2, -0.15) is 0 Å². The highest BCUT2D eigenvalue weighted by Crippen LogP contribution is 2.31. The van der Waals surface area contributed by atoms with Crippen LogP contribution in [0.4, 0.5) is 4.39 Å². The number of aromatic nitrogens is 1. The van der Waals surface area contributed by atoms with Gasteiger partial charge >= 0.3 is 5.97 Å². The molecule has 5 nitrogen and oxygen atoms in total. The summed E-state index contributed by atoms with van der Waals surface area (Å²) in [5.74, 6) is -2.18. The number of hydrogen-bond donors (Lipinski definition) is 2. The monoisotopic (exact) mass is 534 g/mol. The third-order valence-electron chi connectivity index (χ3n) is 6.03. The van der Waals surface area contributed by atoms with Crippen LogP contribution in [0.5, 0.6) is 0 Å². The Morgan fingerprint density at radius 3 is 2.49 bits per heavy atom. The predicted octanol–water partition coefficient (Wildman–Crippen LogP) is 6.49. The van der Waals surface area contributed by atoms with Gasteiger partial charge in [0, 0.05) is 34.3 Å². The first-order chi connectivity index (χ1) is 16.8. The summed E-state index contributed by atoms with van der Waals surface area (Å²) in [6.45, 7) is 1.97. The van der Waals surface area contributed by atoms with Gasteiger partial charge in [-0.15, -0.1) is 0 Å². The summed E-state index contributed by atoms with van der Waals surface area (Å²) in [5.41, 5.74) is 3.89. The molecule has 0 unspecified atom stereocenters. The lowest BCUT2D eigenvalue weighted by Crippen LogP contribution is -2.30. The molecule has 1 atom stereocenters. The summed E-state index contributed by atoms with van der Waals surface area (Å²) in [5, 5.41) is 12.8. The normalized spacial score (nSPS) is 11.9. The number of carbonyl (C=O) groups excluding carboxylic acids is 1. The van der Waals surface area contributed by atoms with E-state index in [-0.39, 0.29) is 25.3 Å². The van der Waals surface area contributed by atoms with Crippen molar-refractivity contribution in [3.8, 4) is 11.3 Å². The molecule has 1 heterocycles. The van der Waals surface area contributed by atoms with Crippen molar-refractivity contribution in [2.24, 2.45) is 0 Å². The maximum Gasteiger partial charge on any atom is 0.303 e. The number of rotatable bonds is 8. The second-order valence-electron chi connectivity index (χ2n) is 8.35. The summed E-state index contributed by atoms with van der Waals surface area (Å²) >= 11 is 3.48. The van der Waals surface area contributed by atoms with Gasteiger partial charge in [-0.1, -0.05) is 64.5 Å². The van der Waals surface area contributed by atoms with E-state index in [4.69, 9.17) is 10.1 Å². The maximum atomic E-state index is 14.5. The Kier molecular flexibility index (Phi) is 7.56. The quantitative estimate of drug-likeness (QED) is 0.270. The van der Waals surface area contributed by atoms with Crippen LogP contribution in [0.1, 0.15) is 40.2 Å². The molecule has 0 spiro atoms. The van der Waals surface area contributed by atoms with Crippen LogP contribution in [0.3, 0.4) is 0 Å². The minimum atomic E-state index is -0.967. The Labute approximate surface area is 211 Å². The molecule has 35 heavy (non-hydrogen) atoms. The van der Waals surface area contributed by atoms with Crippen molar-refractivity contribution in [2.45, 2.75) is 25.7 Å². The molecule has 4 rings (SSSR count). The number of nitrogens with zero attached hydrogens (tertiary/aromatic N) is 1. The molecular weight excluding hydrogens is 511 g/mol. The first kappa shape index (κ1) is 24.5. The highest BCUT2D eigenvalue weighted by atomic mass is 79.9. The van der Waals surface area contributed by atoms with Crippen LogP contribution >= 0.6 is 15.9 Å². The minimum Gasteiger partial charge on any atom is -0.481 e. The van der Waals surface area contributed by atoms with E-state index in [0.29, 0.717) is 27.7 Å². The average Bonchev–Trinajstić information content (AvgIpc) is 2.84. The van der Waals surface area contributed by atoms with Crippen molar-refractivity contribution in [2.75, 3.05) is 6.54 Å². The zero-order valence-corrected chi connectivity index (χ0v) is 20.7. The Bertz CT molecular complexity index is 1390. The fourth-order valence-corrected chi connectivity index (χ4v) is 4.64. The number of pyridine rings is 1. The number of halogens is 2. The standard InChI is InChI=1S/C28H24BrFN2O3/c1-17-26(22-15-20(29)12-13-24(22)32-27(17)18-7-3-2-4-8-18)28(35)31-16-19(11-14-25(33)34)21-9-5-6-10-23(21)30/h2-10,12-13,15,19H,11,14,16H2,1H3,(H,31,35)(H,33,34)/t19-/m0/s1. The van der Waals surface area contributed by atoms with Gasteiger partial charge in [0.1, 0.15) is 5.82 Å². The van der Waals surface area contributed by atoms with Crippen molar-refractivity contribution in [3.63, 3.8) is 0 Å². The third kappa shape index (κ3) is 5.57. The lowest BCUT2D eigenvalue weighted by Gasteiger charge is -2.20. The van der Waals surface area contributed by atoms with Gasteiger partial charge in [-0.05, 0) is 48.7 Å². The van der Waals surface area contributed by atoms with Crippen LogP contribution in [-0.4, -0.2) is 28.5 Å². The van der Waals surface area contributed by atoms with Crippen LogP contribution < -0.4 is 5.32 Å². The number of amides is 1. The Morgan fingerprint density at radius 2 is 1.77 bits per heavy atom. The number of carboxylic acid groups (broad SMARTS) is 1. The molecule has 0 radical (unpaired) electrons. The maximum absolute atomic E-state index is 14.5. The second kappa shape index (κ2) is 10.8. The number of benzene rings is 3. The van der Waals surface area contributed by atoms with E-state index in [1.54, 1.807) is 18.2 Å². The SMILES string of the molecule is Cc1c(-c2ccccc2)nc2ccc(Br)cc2c1C(=O)NC[C@H](CCC(=O)O)c1ccccc1F. The summed E-state index contributed by atoms with van der Waals surface area (Å²) in [6.07, 6.45) is 0.0740. The molecule has 0 aliphatic carbocycles. The van der Waals surface area contributed by atoms with E-state index in [0.717, 1.165) is 15.6 Å². The fourth-order valence-electron chi connectivity index (χ4n) is 4.28. The van der Waals surface area contributed by atoms with E-state index >= 15 is 0 Å². The van der Waals surface area contributed by atoms with Crippen molar-refractivity contribution in [1.82, 2.24) is 10.3 Å². The number of aliphatic carboxylic acids is 1. The van der Waals surface area contributed by atoms with Crippen molar-refractivity contribution in [1.29, 1.82) is 0 Å². The van der Waals surface area contributed by atoms with Gasteiger partial charge in [0.2, 0.25) is 0 Å². The Hall–Kier alpha value is -3.58. The van der Waals surface area contributed by atoms with Gasteiger partial charge in [0.25, 0.3) is 5.91 Å². The number of nitrogens with one attached hydrogen (secondary N) is 1. The van der Waals surface area contributed by atoms with Gasteiger partial charge in [0.15, 0.2) is 0 Å². The van der Waals surface area contributed by atoms with E-state index in [1.807, 2.05) is 55.5 Å². The first-order valence-electron chi connectivity index (χ1n) is 11.2. The van der Waals surface area contributed by atoms with Crippen LogP contribution in [0, 0.1) is 12.7 Å². The number of carboxylic acids is 1. The van der Waals surface area contributed by atoms with Gasteiger partial charge in [-0.3, -0.25) is 9.59 Å². The molecule has 0 bridgehead atoms. The average molecular weight is 535 g/mol. The molecule has 0 aliphatic rings. The van der Waals surface area contributed by atoms with Crippen LogP contribution in [0.2, 0.25) is 0 Å². The third-order valence-corrected chi connectivity index (χ3v) is 6.52. The fraction of sp³-hybridized carbons (Fsp3) is 0.179. The van der Waals surface area contributed by atoms with Crippen molar-refractivity contribution in [3.05, 3.63) is 99.8 Å². The van der Waals surface area contributed by atoms with E-state index in [9.17, 15) is 14.0 Å².